The highest BCUT2D eigenvalue weighted by Gasteiger charge is 2.55. The second-order valence-electron chi connectivity index (χ2n) is 7.13. The van der Waals surface area contributed by atoms with E-state index >= 15 is 0 Å². The van der Waals surface area contributed by atoms with Gasteiger partial charge in [0.1, 0.15) is 12.4 Å². The standard InChI is InChI=1S/C22H22N2O5S/c1-28-18-8-6-17(7-9-18)23-20(26)16-4-2-15(3-5-16)14-29-21(27)22-11-10-19(25)24(22)12-13-30-22/h2-9H,10-14H2,1H3,(H,23,26)/t22-/m1/s1. The van der Waals surface area contributed by atoms with E-state index in [1.54, 1.807) is 60.5 Å². The minimum absolute atomic E-state index is 0.0178. The van der Waals surface area contributed by atoms with Gasteiger partial charge >= 0.3 is 5.97 Å². The molecule has 2 aromatic carbocycles. The zero-order valence-corrected chi connectivity index (χ0v) is 17.4. The molecule has 0 aromatic heterocycles. The number of fused-ring (bicyclic) bond motifs is 1. The molecule has 2 aromatic rings. The Morgan fingerprint density at radius 3 is 2.57 bits per heavy atom. The third-order valence-corrected chi connectivity index (χ3v) is 6.78. The van der Waals surface area contributed by atoms with Crippen molar-refractivity contribution in [3.8, 4) is 5.75 Å². The maximum atomic E-state index is 12.7. The first-order valence-corrected chi connectivity index (χ1v) is 10.7. The van der Waals surface area contributed by atoms with Crippen LogP contribution in [0.5, 0.6) is 5.75 Å². The number of methoxy groups -OCH3 is 1. The minimum Gasteiger partial charge on any atom is -0.497 e. The topological polar surface area (TPSA) is 84.9 Å². The molecule has 0 saturated carbocycles. The predicted molar refractivity (Wildman–Crippen MR) is 113 cm³/mol. The van der Waals surface area contributed by atoms with Crippen LogP contribution < -0.4 is 10.1 Å². The zero-order chi connectivity index (χ0) is 21.1. The summed E-state index contributed by atoms with van der Waals surface area (Å²) in [6.07, 6.45) is 0.889. The monoisotopic (exact) mass is 426 g/mol. The van der Waals surface area contributed by atoms with Crippen molar-refractivity contribution in [3.63, 3.8) is 0 Å². The van der Waals surface area contributed by atoms with E-state index in [-0.39, 0.29) is 24.4 Å². The van der Waals surface area contributed by atoms with Crippen LogP contribution in [0.15, 0.2) is 48.5 Å². The summed E-state index contributed by atoms with van der Waals surface area (Å²) in [5.41, 5.74) is 1.95. The predicted octanol–water partition coefficient (Wildman–Crippen LogP) is 3.06. The second-order valence-corrected chi connectivity index (χ2v) is 8.51. The summed E-state index contributed by atoms with van der Waals surface area (Å²) < 4.78 is 10.6. The Morgan fingerprint density at radius 2 is 1.87 bits per heavy atom. The lowest BCUT2D eigenvalue weighted by atomic mass is 10.1. The van der Waals surface area contributed by atoms with E-state index < -0.39 is 4.87 Å². The van der Waals surface area contributed by atoms with Crippen molar-refractivity contribution >= 4 is 35.2 Å². The Balaban J connectivity index is 1.34. The Labute approximate surface area is 178 Å². The van der Waals surface area contributed by atoms with E-state index in [2.05, 4.69) is 5.32 Å². The number of ether oxygens (including phenoxy) is 2. The minimum atomic E-state index is -0.852. The van der Waals surface area contributed by atoms with Gasteiger partial charge in [0.05, 0.1) is 7.11 Å². The quantitative estimate of drug-likeness (QED) is 0.715. The first-order chi connectivity index (χ1) is 14.5. The molecule has 0 unspecified atom stereocenters. The molecule has 2 aliphatic heterocycles. The lowest BCUT2D eigenvalue weighted by Gasteiger charge is -2.28. The summed E-state index contributed by atoms with van der Waals surface area (Å²) in [6, 6.07) is 14.0. The van der Waals surface area contributed by atoms with E-state index in [1.165, 1.54) is 11.8 Å². The molecule has 1 atom stereocenters. The van der Waals surface area contributed by atoms with E-state index in [1.807, 2.05) is 0 Å². The first-order valence-electron chi connectivity index (χ1n) is 9.68. The van der Waals surface area contributed by atoms with Crippen LogP contribution in [-0.4, -0.2) is 47.0 Å². The number of hydrogen-bond donors (Lipinski definition) is 1. The van der Waals surface area contributed by atoms with Crippen LogP contribution in [0.3, 0.4) is 0 Å². The smallest absolute Gasteiger partial charge is 0.343 e. The normalized spacial score (nSPS) is 20.0. The van der Waals surface area contributed by atoms with Crippen LogP contribution in [0.1, 0.15) is 28.8 Å². The number of anilines is 1. The van der Waals surface area contributed by atoms with Crippen molar-refractivity contribution in [3.05, 3.63) is 59.7 Å². The van der Waals surface area contributed by atoms with Gasteiger partial charge < -0.3 is 19.7 Å². The van der Waals surface area contributed by atoms with Crippen LogP contribution in [0.4, 0.5) is 5.69 Å². The molecule has 0 aliphatic carbocycles. The van der Waals surface area contributed by atoms with Gasteiger partial charge in [-0.05, 0) is 48.4 Å². The molecule has 2 aliphatic rings. The second kappa shape index (κ2) is 8.39. The summed E-state index contributed by atoms with van der Waals surface area (Å²) >= 11 is 1.49. The molecule has 2 heterocycles. The van der Waals surface area contributed by atoms with Crippen LogP contribution in [0.2, 0.25) is 0 Å². The van der Waals surface area contributed by atoms with Gasteiger partial charge in [0.25, 0.3) is 5.91 Å². The van der Waals surface area contributed by atoms with Crippen molar-refractivity contribution in [1.82, 2.24) is 4.90 Å². The van der Waals surface area contributed by atoms with E-state index in [0.29, 0.717) is 36.4 Å². The number of amides is 2. The number of carbonyl (C=O) groups excluding carboxylic acids is 3. The number of nitrogens with zero attached hydrogens (tertiary/aromatic N) is 1. The largest absolute Gasteiger partial charge is 0.497 e. The lowest BCUT2D eigenvalue weighted by Crippen LogP contribution is -2.46. The summed E-state index contributed by atoms with van der Waals surface area (Å²) in [4.78, 5) is 37.8. The highest BCUT2D eigenvalue weighted by Crippen LogP contribution is 2.45. The van der Waals surface area contributed by atoms with Gasteiger partial charge in [0, 0.05) is 30.0 Å². The Morgan fingerprint density at radius 1 is 1.13 bits per heavy atom. The molecule has 0 radical (unpaired) electrons. The first kappa shape index (κ1) is 20.3. The Kier molecular flexibility index (Phi) is 5.67. The highest BCUT2D eigenvalue weighted by atomic mass is 32.2. The molecular weight excluding hydrogens is 404 g/mol. The lowest BCUT2D eigenvalue weighted by molar-refractivity contribution is -0.154. The Hall–Kier alpha value is -3.00. The third-order valence-electron chi connectivity index (χ3n) is 5.32. The SMILES string of the molecule is COc1ccc(NC(=O)c2ccc(COC(=O)[C@]34CCC(=O)N3CCS4)cc2)cc1. The fraction of sp³-hybridized carbons (Fsp3) is 0.318. The van der Waals surface area contributed by atoms with Gasteiger partial charge in [0.2, 0.25) is 5.91 Å². The molecule has 1 N–H and O–H groups in total. The van der Waals surface area contributed by atoms with Crippen LogP contribution >= 0.6 is 11.8 Å². The molecule has 2 saturated heterocycles. The van der Waals surface area contributed by atoms with Crippen molar-refractivity contribution in [2.45, 2.75) is 24.3 Å². The molecule has 30 heavy (non-hydrogen) atoms. The number of benzene rings is 2. The van der Waals surface area contributed by atoms with Crippen molar-refractivity contribution < 1.29 is 23.9 Å². The van der Waals surface area contributed by atoms with Crippen molar-refractivity contribution in [2.24, 2.45) is 0 Å². The average Bonchev–Trinajstić information content (AvgIpc) is 3.34. The number of nitrogens with one attached hydrogen (secondary N) is 1. The highest BCUT2D eigenvalue weighted by molar-refractivity contribution is 8.01. The maximum Gasteiger partial charge on any atom is 0.343 e. The van der Waals surface area contributed by atoms with Gasteiger partial charge in [-0.1, -0.05) is 12.1 Å². The zero-order valence-electron chi connectivity index (χ0n) is 16.6. The summed E-state index contributed by atoms with van der Waals surface area (Å²) in [5, 5.41) is 2.82. The molecule has 4 rings (SSSR count). The van der Waals surface area contributed by atoms with E-state index in [4.69, 9.17) is 9.47 Å². The maximum absolute atomic E-state index is 12.7. The molecule has 0 bridgehead atoms. The van der Waals surface area contributed by atoms with Gasteiger partial charge in [0.15, 0.2) is 4.87 Å². The van der Waals surface area contributed by atoms with Gasteiger partial charge in [-0.2, -0.15) is 0 Å². The number of esters is 1. The number of rotatable bonds is 6. The molecule has 156 valence electrons. The molecule has 7 nitrogen and oxygen atoms in total. The Bertz CT molecular complexity index is 960. The summed E-state index contributed by atoms with van der Waals surface area (Å²) in [7, 11) is 1.59. The third kappa shape index (κ3) is 3.87. The number of thioether (sulfide) groups is 1. The van der Waals surface area contributed by atoms with Crippen LogP contribution in [-0.2, 0) is 20.9 Å². The molecule has 2 amide bonds. The van der Waals surface area contributed by atoms with Gasteiger partial charge in [-0.15, -0.1) is 11.8 Å². The summed E-state index contributed by atoms with van der Waals surface area (Å²) in [6.45, 7) is 0.695. The van der Waals surface area contributed by atoms with Crippen LogP contribution in [0.25, 0.3) is 0 Å². The van der Waals surface area contributed by atoms with Gasteiger partial charge in [-0.25, -0.2) is 4.79 Å². The molecule has 0 spiro atoms. The van der Waals surface area contributed by atoms with Crippen molar-refractivity contribution in [1.29, 1.82) is 0 Å². The molecular formula is C22H22N2O5S. The van der Waals surface area contributed by atoms with Crippen LogP contribution in [0, 0.1) is 0 Å². The fourth-order valence-electron chi connectivity index (χ4n) is 3.67. The number of hydrogen-bond acceptors (Lipinski definition) is 6. The average molecular weight is 426 g/mol. The molecule has 8 heteroatoms. The van der Waals surface area contributed by atoms with E-state index in [9.17, 15) is 14.4 Å². The van der Waals surface area contributed by atoms with E-state index in [0.717, 1.165) is 11.3 Å². The van der Waals surface area contributed by atoms with Gasteiger partial charge in [-0.3, -0.25) is 9.59 Å². The van der Waals surface area contributed by atoms with Crippen molar-refractivity contribution in [2.75, 3.05) is 24.7 Å². The number of carbonyl (C=O) groups is 3. The fourth-order valence-corrected chi connectivity index (χ4v) is 5.06. The molecule has 2 fully saturated rings. The summed E-state index contributed by atoms with van der Waals surface area (Å²) in [5.74, 6) is 0.887.